The molecule has 0 spiro atoms. The molecule has 0 saturated carbocycles. The third-order valence-electron chi connectivity index (χ3n) is 4.19. The number of pyridine rings is 1. The predicted octanol–water partition coefficient (Wildman–Crippen LogP) is 1.19. The van der Waals surface area contributed by atoms with E-state index in [4.69, 9.17) is 0 Å². The highest BCUT2D eigenvalue weighted by molar-refractivity contribution is 7.99. The number of sulfonamides is 1. The number of hydrogen-bond acceptors (Lipinski definition) is 5. The summed E-state index contributed by atoms with van der Waals surface area (Å²) in [4.78, 5) is 12.2. The molecule has 0 aliphatic heterocycles. The summed E-state index contributed by atoms with van der Waals surface area (Å²) in [5, 5.41) is 0.928. The fourth-order valence-electron chi connectivity index (χ4n) is 2.64. The summed E-state index contributed by atoms with van der Waals surface area (Å²) in [6.45, 7) is 0. The number of carbonyl (C=O) groups excluding carboxylic acids is 1. The molecule has 0 fully saturated rings. The highest BCUT2D eigenvalue weighted by Gasteiger charge is 2.31. The van der Waals surface area contributed by atoms with Crippen LogP contribution in [0.3, 0.4) is 0 Å². The molecular weight excluding hydrogens is 545 g/mol. The van der Waals surface area contributed by atoms with Gasteiger partial charge in [0.2, 0.25) is 5.03 Å². The fourth-order valence-corrected chi connectivity index (χ4v) is 4.58. The number of benzene rings is 2. The number of nitrogens with zero attached hydrogens (tertiary/aromatic N) is 1. The molecular formula is C21H18BrF3N2O4S2. The van der Waals surface area contributed by atoms with Crippen LogP contribution in [0.5, 0.6) is 5.75 Å². The van der Waals surface area contributed by atoms with Crippen LogP contribution in [0.15, 0.2) is 82.8 Å². The zero-order chi connectivity index (χ0) is 23.4. The van der Waals surface area contributed by atoms with Crippen LogP contribution in [0.25, 0.3) is 0 Å². The van der Waals surface area contributed by atoms with Crippen LogP contribution in [0.4, 0.5) is 18.9 Å². The number of anilines is 1. The van der Waals surface area contributed by atoms with E-state index < -0.39 is 22.1 Å². The Hall–Kier alpha value is -2.57. The number of aryl methyl sites for hydroxylation is 1. The summed E-state index contributed by atoms with van der Waals surface area (Å²) >= 11 is 1.39. The topological polar surface area (TPSA) is 76.4 Å². The second kappa shape index (κ2) is 11.0. The lowest BCUT2D eigenvalue weighted by Gasteiger charge is -2.11. The maximum Gasteiger partial charge on any atom is 0.573 e. The molecule has 0 aliphatic carbocycles. The molecule has 0 aliphatic rings. The number of alkyl halides is 3. The largest absolute Gasteiger partial charge is 1.00 e. The highest BCUT2D eigenvalue weighted by Crippen LogP contribution is 2.25. The Morgan fingerprint density at radius 2 is 1.67 bits per heavy atom. The van der Waals surface area contributed by atoms with Crippen molar-refractivity contribution in [1.82, 2.24) is 0 Å². The lowest BCUT2D eigenvalue weighted by Crippen LogP contribution is -3.00. The summed E-state index contributed by atoms with van der Waals surface area (Å²) in [6.07, 6.45) is -2.99. The van der Waals surface area contributed by atoms with Crippen molar-refractivity contribution >= 4 is 33.3 Å². The average Bonchev–Trinajstić information content (AvgIpc) is 2.72. The number of hydrogen-bond donors (Lipinski definition) is 1. The van der Waals surface area contributed by atoms with Crippen LogP contribution >= 0.6 is 11.8 Å². The molecule has 12 heteroatoms. The number of ketones is 1. The van der Waals surface area contributed by atoms with E-state index in [1.54, 1.807) is 0 Å². The summed E-state index contributed by atoms with van der Waals surface area (Å²) in [7, 11) is -2.16. The van der Waals surface area contributed by atoms with Gasteiger partial charge in [-0.2, -0.15) is 4.57 Å². The third-order valence-corrected chi connectivity index (χ3v) is 6.71. The van der Waals surface area contributed by atoms with E-state index in [-0.39, 0.29) is 39.1 Å². The number of carbonyl (C=O) groups is 1. The van der Waals surface area contributed by atoms with E-state index in [1.165, 1.54) is 36.0 Å². The Kier molecular flexibility index (Phi) is 8.92. The smallest absolute Gasteiger partial charge is 0.573 e. The van der Waals surface area contributed by atoms with E-state index in [9.17, 15) is 26.4 Å². The van der Waals surface area contributed by atoms with Gasteiger partial charge in [0.15, 0.2) is 12.0 Å². The van der Waals surface area contributed by atoms with Crippen molar-refractivity contribution in [3.63, 3.8) is 0 Å². The van der Waals surface area contributed by atoms with Crippen LogP contribution in [-0.2, 0) is 17.1 Å². The minimum Gasteiger partial charge on any atom is -1.00 e. The number of rotatable bonds is 8. The van der Waals surface area contributed by atoms with Gasteiger partial charge in [-0.3, -0.25) is 9.52 Å². The summed E-state index contributed by atoms with van der Waals surface area (Å²) in [6, 6.07) is 15.4. The molecule has 3 rings (SSSR count). The molecule has 0 amide bonds. The molecule has 176 valence electrons. The Balaban J connectivity index is 0.00000385. The molecule has 2 aromatic carbocycles. The maximum atomic E-state index is 12.5. The first-order valence-electron chi connectivity index (χ1n) is 9.13. The molecule has 1 N–H and O–H groups in total. The molecule has 0 saturated heterocycles. The molecule has 1 heterocycles. The van der Waals surface area contributed by atoms with Gasteiger partial charge < -0.3 is 21.7 Å². The zero-order valence-corrected chi connectivity index (χ0v) is 20.3. The number of ether oxygens (including phenoxy) is 1. The summed E-state index contributed by atoms with van der Waals surface area (Å²) in [5.74, 6) is -0.426. The molecule has 0 unspecified atom stereocenters. The van der Waals surface area contributed by atoms with Gasteiger partial charge in [-0.25, -0.2) is 8.42 Å². The third kappa shape index (κ3) is 7.76. The van der Waals surface area contributed by atoms with Crippen molar-refractivity contribution in [2.45, 2.75) is 16.3 Å². The molecule has 0 radical (unpaired) electrons. The Morgan fingerprint density at radius 3 is 2.24 bits per heavy atom. The van der Waals surface area contributed by atoms with Crippen molar-refractivity contribution < 1.29 is 52.7 Å². The SMILES string of the molecule is C[n+]1ccccc1SCC(=O)c1ccc(NS(=O)(=O)c2ccc(OC(F)(F)F)cc2)cc1.[Br-]. The van der Waals surface area contributed by atoms with Crippen LogP contribution < -0.4 is 31.0 Å². The Morgan fingerprint density at radius 1 is 1.03 bits per heavy atom. The van der Waals surface area contributed by atoms with E-state index in [1.807, 2.05) is 36.0 Å². The molecule has 1 aromatic heterocycles. The number of Topliss-reactive ketones (excluding diaryl/α,β-unsaturated/α-hetero) is 1. The number of nitrogens with one attached hydrogen (secondary N) is 1. The Labute approximate surface area is 203 Å². The standard InChI is InChI=1S/C21H17F3N2O4S2.BrH/c1-26-13-3-2-4-20(26)31-14-19(27)15-5-7-16(8-6-15)25-32(28,29)18-11-9-17(10-12-18)30-21(22,23)24;/h2-13H,14H2,1H3;1H. The van der Waals surface area contributed by atoms with Crippen molar-refractivity contribution in [3.05, 3.63) is 78.5 Å². The van der Waals surface area contributed by atoms with E-state index in [0.717, 1.165) is 29.3 Å². The molecule has 33 heavy (non-hydrogen) atoms. The van der Waals surface area contributed by atoms with Gasteiger partial charge in [0.1, 0.15) is 12.8 Å². The lowest BCUT2D eigenvalue weighted by molar-refractivity contribution is -0.708. The minimum absolute atomic E-state index is 0. The molecule has 0 atom stereocenters. The van der Waals surface area contributed by atoms with Crippen molar-refractivity contribution in [3.8, 4) is 5.75 Å². The monoisotopic (exact) mass is 562 g/mol. The Bertz CT molecular complexity index is 1200. The van der Waals surface area contributed by atoms with Crippen LogP contribution in [0.1, 0.15) is 10.4 Å². The van der Waals surface area contributed by atoms with E-state index >= 15 is 0 Å². The first-order valence-corrected chi connectivity index (χ1v) is 11.6. The van der Waals surface area contributed by atoms with E-state index in [2.05, 4.69) is 9.46 Å². The molecule has 0 bridgehead atoms. The van der Waals surface area contributed by atoms with Gasteiger partial charge in [0.05, 0.1) is 10.6 Å². The van der Waals surface area contributed by atoms with Gasteiger partial charge in [-0.1, -0.05) is 0 Å². The molecule has 3 aromatic rings. The fraction of sp³-hybridized carbons (Fsp3) is 0.143. The highest BCUT2D eigenvalue weighted by atomic mass is 79.9. The van der Waals surface area contributed by atoms with Gasteiger partial charge in [-0.15, -0.1) is 13.2 Å². The first-order chi connectivity index (χ1) is 15.0. The number of aromatic nitrogens is 1. The number of halogens is 4. The van der Waals surface area contributed by atoms with E-state index in [0.29, 0.717) is 5.56 Å². The second-order valence-electron chi connectivity index (χ2n) is 6.56. The summed E-state index contributed by atoms with van der Waals surface area (Å²) in [5.41, 5.74) is 0.631. The number of thioether (sulfide) groups is 1. The van der Waals surface area contributed by atoms with Gasteiger partial charge >= 0.3 is 6.36 Å². The van der Waals surface area contributed by atoms with Crippen molar-refractivity contribution in [2.75, 3.05) is 10.5 Å². The van der Waals surface area contributed by atoms with Gasteiger partial charge in [0, 0.05) is 23.4 Å². The van der Waals surface area contributed by atoms with Crippen LogP contribution in [0.2, 0.25) is 0 Å². The van der Waals surface area contributed by atoms with Gasteiger partial charge in [0.25, 0.3) is 10.0 Å². The van der Waals surface area contributed by atoms with Gasteiger partial charge in [-0.05, 0) is 66.4 Å². The quantitative estimate of drug-likeness (QED) is 0.253. The summed E-state index contributed by atoms with van der Waals surface area (Å²) < 4.78 is 69.6. The maximum absolute atomic E-state index is 12.5. The lowest BCUT2D eigenvalue weighted by atomic mass is 10.1. The van der Waals surface area contributed by atoms with Crippen LogP contribution in [0, 0.1) is 0 Å². The normalized spacial score (nSPS) is 11.4. The second-order valence-corrected chi connectivity index (χ2v) is 9.24. The van der Waals surface area contributed by atoms with Crippen molar-refractivity contribution in [1.29, 1.82) is 0 Å². The van der Waals surface area contributed by atoms with Crippen molar-refractivity contribution in [2.24, 2.45) is 7.05 Å². The average molecular weight is 563 g/mol. The first kappa shape index (κ1) is 26.7. The predicted molar refractivity (Wildman–Crippen MR) is 113 cm³/mol. The van der Waals surface area contributed by atoms with Crippen LogP contribution in [-0.4, -0.2) is 26.3 Å². The minimum atomic E-state index is -4.87. The molecule has 6 nitrogen and oxygen atoms in total. The zero-order valence-electron chi connectivity index (χ0n) is 17.0.